The maximum absolute atomic E-state index is 12.0. The molecule has 1 spiro atoms. The number of rotatable bonds is 2. The highest BCUT2D eigenvalue weighted by molar-refractivity contribution is 5.91. The Morgan fingerprint density at radius 3 is 2.92 bits per heavy atom. The van der Waals surface area contributed by atoms with Crippen LogP contribution in [0.3, 0.4) is 0 Å². The van der Waals surface area contributed by atoms with Gasteiger partial charge in [-0.2, -0.15) is 0 Å². The van der Waals surface area contributed by atoms with E-state index >= 15 is 0 Å². The van der Waals surface area contributed by atoms with Crippen LogP contribution in [0.2, 0.25) is 0 Å². The summed E-state index contributed by atoms with van der Waals surface area (Å²) in [6.07, 6.45) is 11.7. The average molecular weight is 328 g/mol. The SMILES string of the molecule is CC[C@@H]1CC2=CC(=O)CC[C@@H]2[C@H]2CC[C@]3(C)[C@H](CO)C[C@@H]4C[C@]43[C@H]12. The fourth-order valence-electron chi connectivity index (χ4n) is 8.47. The molecule has 0 aromatic rings. The number of carbonyl (C=O) groups excluding carboxylic acids is 1. The molecule has 5 aliphatic carbocycles. The molecule has 2 heteroatoms. The number of hydrogen-bond donors (Lipinski definition) is 1. The molecule has 0 saturated heterocycles. The standard InChI is InChI=1S/C22H32O2/c1-3-13-8-14-9-17(24)4-5-18(14)19-6-7-21(2)16(12-23)10-15-11-22(15,21)20(13)19/h9,13,15-16,18-20,23H,3-8,10-12H2,1-2H3/t13-,15-,16+,18+,19-,20-,21-,22-/m1/s1. The molecule has 0 aromatic carbocycles. The Balaban J connectivity index is 1.56. The zero-order valence-corrected chi connectivity index (χ0v) is 15.3. The van der Waals surface area contributed by atoms with E-state index in [2.05, 4.69) is 13.8 Å². The van der Waals surface area contributed by atoms with Crippen molar-refractivity contribution < 1.29 is 9.90 Å². The lowest BCUT2D eigenvalue weighted by molar-refractivity contribution is -0.117. The molecule has 0 unspecified atom stereocenters. The maximum atomic E-state index is 12.0. The van der Waals surface area contributed by atoms with E-state index in [1.54, 1.807) is 0 Å². The summed E-state index contributed by atoms with van der Waals surface area (Å²) < 4.78 is 0. The lowest BCUT2D eigenvalue weighted by atomic mass is 9.46. The molecule has 0 amide bonds. The molecular formula is C22H32O2. The van der Waals surface area contributed by atoms with Gasteiger partial charge in [0.1, 0.15) is 0 Å². The molecule has 0 heterocycles. The summed E-state index contributed by atoms with van der Waals surface area (Å²) in [6, 6.07) is 0. The van der Waals surface area contributed by atoms with Gasteiger partial charge in [0.15, 0.2) is 5.78 Å². The van der Waals surface area contributed by atoms with Gasteiger partial charge in [-0.1, -0.05) is 25.8 Å². The number of fused-ring (bicyclic) bond motifs is 3. The fraction of sp³-hybridized carbons (Fsp3) is 0.864. The van der Waals surface area contributed by atoms with Crippen molar-refractivity contribution in [2.24, 2.45) is 46.3 Å². The minimum Gasteiger partial charge on any atom is -0.396 e. The minimum atomic E-state index is 0.374. The molecule has 4 fully saturated rings. The molecule has 5 aliphatic rings. The monoisotopic (exact) mass is 328 g/mol. The molecule has 24 heavy (non-hydrogen) atoms. The van der Waals surface area contributed by atoms with Gasteiger partial charge in [-0.25, -0.2) is 0 Å². The highest BCUT2D eigenvalue weighted by Crippen LogP contribution is 2.83. The quantitative estimate of drug-likeness (QED) is 0.817. The first kappa shape index (κ1) is 15.6. The first-order valence-electron chi connectivity index (χ1n) is 10.4. The molecule has 0 aromatic heterocycles. The second-order valence-corrected chi connectivity index (χ2v) is 9.91. The van der Waals surface area contributed by atoms with Gasteiger partial charge < -0.3 is 5.11 Å². The first-order chi connectivity index (χ1) is 11.5. The number of allylic oxidation sites excluding steroid dienone is 1. The van der Waals surface area contributed by atoms with Gasteiger partial charge in [0.05, 0.1) is 0 Å². The summed E-state index contributed by atoms with van der Waals surface area (Å²) >= 11 is 0. The lowest BCUT2D eigenvalue weighted by Crippen LogP contribution is -2.52. The largest absolute Gasteiger partial charge is 0.396 e. The Morgan fingerprint density at radius 1 is 1.33 bits per heavy atom. The highest BCUT2D eigenvalue weighted by atomic mass is 16.3. The van der Waals surface area contributed by atoms with E-state index in [9.17, 15) is 9.90 Å². The van der Waals surface area contributed by atoms with Gasteiger partial charge in [-0.3, -0.25) is 4.79 Å². The van der Waals surface area contributed by atoms with Crippen LogP contribution >= 0.6 is 0 Å². The Hall–Kier alpha value is -0.630. The summed E-state index contributed by atoms with van der Waals surface area (Å²) in [5.74, 6) is 4.95. The predicted molar refractivity (Wildman–Crippen MR) is 94.3 cm³/mol. The molecule has 132 valence electrons. The third kappa shape index (κ3) is 1.69. The van der Waals surface area contributed by atoms with Crippen molar-refractivity contribution in [1.29, 1.82) is 0 Å². The van der Waals surface area contributed by atoms with Crippen LogP contribution in [-0.4, -0.2) is 17.5 Å². The van der Waals surface area contributed by atoms with Crippen molar-refractivity contribution in [3.63, 3.8) is 0 Å². The van der Waals surface area contributed by atoms with Gasteiger partial charge >= 0.3 is 0 Å². The van der Waals surface area contributed by atoms with Crippen LogP contribution in [0.15, 0.2) is 11.6 Å². The molecule has 4 saturated carbocycles. The molecule has 2 nitrogen and oxygen atoms in total. The molecule has 0 aliphatic heterocycles. The van der Waals surface area contributed by atoms with E-state index in [0.717, 1.165) is 36.5 Å². The normalized spacial score (nSPS) is 55.1. The van der Waals surface area contributed by atoms with Gasteiger partial charge in [0.25, 0.3) is 0 Å². The summed E-state index contributed by atoms with van der Waals surface area (Å²) in [5.41, 5.74) is 2.43. The van der Waals surface area contributed by atoms with Crippen LogP contribution in [0, 0.1) is 46.3 Å². The zero-order valence-electron chi connectivity index (χ0n) is 15.3. The first-order valence-corrected chi connectivity index (χ1v) is 10.4. The van der Waals surface area contributed by atoms with Crippen LogP contribution in [0.1, 0.15) is 65.2 Å². The average Bonchev–Trinajstić information content (AvgIpc) is 3.23. The predicted octanol–water partition coefficient (Wildman–Crippen LogP) is 4.37. The van der Waals surface area contributed by atoms with Crippen molar-refractivity contribution in [3.8, 4) is 0 Å². The summed E-state index contributed by atoms with van der Waals surface area (Å²) in [7, 11) is 0. The summed E-state index contributed by atoms with van der Waals surface area (Å²) in [6.45, 7) is 5.29. The van der Waals surface area contributed by atoms with Gasteiger partial charge in [-0.05, 0) is 90.9 Å². The van der Waals surface area contributed by atoms with E-state index in [1.807, 2.05) is 6.08 Å². The Labute approximate surface area is 146 Å². The van der Waals surface area contributed by atoms with E-state index < -0.39 is 0 Å². The molecule has 1 N–H and O–H groups in total. The maximum Gasteiger partial charge on any atom is 0.155 e. The van der Waals surface area contributed by atoms with Gasteiger partial charge in [-0.15, -0.1) is 0 Å². The summed E-state index contributed by atoms with van der Waals surface area (Å²) in [4.78, 5) is 12.0. The van der Waals surface area contributed by atoms with Crippen molar-refractivity contribution in [2.75, 3.05) is 6.61 Å². The number of carbonyl (C=O) groups is 1. The third-order valence-corrected chi connectivity index (χ3v) is 9.53. The fourth-order valence-corrected chi connectivity index (χ4v) is 8.47. The molecule has 8 atom stereocenters. The third-order valence-electron chi connectivity index (χ3n) is 9.53. The minimum absolute atomic E-state index is 0.374. The second kappa shape index (κ2) is 4.96. The highest BCUT2D eigenvalue weighted by Gasteiger charge is 2.77. The number of aliphatic hydroxyl groups is 1. The van der Waals surface area contributed by atoms with Gasteiger partial charge in [0, 0.05) is 13.0 Å². The van der Waals surface area contributed by atoms with E-state index in [0.29, 0.717) is 35.1 Å². The van der Waals surface area contributed by atoms with E-state index in [-0.39, 0.29) is 0 Å². The molecule has 5 rings (SSSR count). The second-order valence-electron chi connectivity index (χ2n) is 9.91. The smallest absolute Gasteiger partial charge is 0.155 e. The van der Waals surface area contributed by atoms with Crippen LogP contribution < -0.4 is 0 Å². The molecular weight excluding hydrogens is 296 g/mol. The number of aliphatic hydroxyl groups excluding tert-OH is 1. The van der Waals surface area contributed by atoms with Crippen LogP contribution in [0.5, 0.6) is 0 Å². The Bertz CT molecular complexity index is 607. The van der Waals surface area contributed by atoms with Crippen molar-refractivity contribution >= 4 is 5.78 Å². The van der Waals surface area contributed by atoms with E-state index in [1.165, 1.54) is 44.1 Å². The van der Waals surface area contributed by atoms with Crippen LogP contribution in [0.4, 0.5) is 0 Å². The molecule has 0 radical (unpaired) electrons. The van der Waals surface area contributed by atoms with Gasteiger partial charge in [0.2, 0.25) is 0 Å². The Morgan fingerprint density at radius 2 is 2.17 bits per heavy atom. The van der Waals surface area contributed by atoms with Crippen molar-refractivity contribution in [1.82, 2.24) is 0 Å². The zero-order chi connectivity index (χ0) is 16.7. The van der Waals surface area contributed by atoms with Crippen LogP contribution in [0.25, 0.3) is 0 Å². The lowest BCUT2D eigenvalue weighted by Gasteiger charge is -2.58. The Kier molecular flexibility index (Phi) is 3.23. The topological polar surface area (TPSA) is 37.3 Å². The number of ketones is 1. The van der Waals surface area contributed by atoms with Crippen LogP contribution in [-0.2, 0) is 4.79 Å². The molecule has 0 bridgehead atoms. The van der Waals surface area contributed by atoms with Crippen molar-refractivity contribution in [3.05, 3.63) is 11.6 Å². The van der Waals surface area contributed by atoms with Crippen molar-refractivity contribution in [2.45, 2.75) is 65.2 Å². The summed E-state index contributed by atoms with van der Waals surface area (Å²) in [5, 5.41) is 9.99. The van der Waals surface area contributed by atoms with E-state index in [4.69, 9.17) is 0 Å². The number of hydrogen-bond acceptors (Lipinski definition) is 2.